The zero-order valence-electron chi connectivity index (χ0n) is 19.0. The first-order chi connectivity index (χ1) is 16.7. The van der Waals surface area contributed by atoms with Crippen LogP contribution in [0.4, 0.5) is 13.2 Å². The van der Waals surface area contributed by atoms with E-state index in [2.05, 4.69) is 20.5 Å². The number of rotatable bonds is 5. The number of halogens is 3. The summed E-state index contributed by atoms with van der Waals surface area (Å²) in [7, 11) is 0. The number of alkyl halides is 3. The van der Waals surface area contributed by atoms with Gasteiger partial charge in [0.25, 0.3) is 5.91 Å². The van der Waals surface area contributed by atoms with Crippen molar-refractivity contribution in [3.8, 4) is 11.3 Å². The normalized spacial score (nSPS) is 11.9. The molecule has 10 heteroatoms. The summed E-state index contributed by atoms with van der Waals surface area (Å²) in [4.78, 5) is 17.1. The number of hydrogen-bond acceptors (Lipinski definition) is 4. The first-order valence-electron chi connectivity index (χ1n) is 11.0. The van der Waals surface area contributed by atoms with Crippen LogP contribution in [-0.2, 0) is 19.3 Å². The van der Waals surface area contributed by atoms with Crippen LogP contribution in [0.2, 0.25) is 0 Å². The molecule has 2 aromatic carbocycles. The van der Waals surface area contributed by atoms with Gasteiger partial charge in [0.2, 0.25) is 0 Å². The summed E-state index contributed by atoms with van der Waals surface area (Å²) < 4.78 is 44.2. The summed E-state index contributed by atoms with van der Waals surface area (Å²) in [5.41, 5.74) is 1.17. The van der Waals surface area contributed by atoms with E-state index >= 15 is 0 Å². The van der Waals surface area contributed by atoms with Crippen molar-refractivity contribution >= 4 is 22.3 Å². The van der Waals surface area contributed by atoms with Gasteiger partial charge in [-0.3, -0.25) is 9.48 Å². The van der Waals surface area contributed by atoms with Gasteiger partial charge in [0.1, 0.15) is 0 Å². The maximum atomic E-state index is 13.9. The fraction of sp³-hybridized carbons (Fsp3) is 0.200. The number of aromatic nitrogens is 5. The van der Waals surface area contributed by atoms with E-state index < -0.39 is 17.8 Å². The number of hydrogen-bond donors (Lipinski definition) is 1. The minimum absolute atomic E-state index is 0.0666. The Morgan fingerprint density at radius 3 is 2.54 bits per heavy atom. The van der Waals surface area contributed by atoms with Crippen molar-refractivity contribution < 1.29 is 18.0 Å². The van der Waals surface area contributed by atoms with Gasteiger partial charge in [0, 0.05) is 36.0 Å². The van der Waals surface area contributed by atoms with Gasteiger partial charge in [-0.2, -0.15) is 23.4 Å². The summed E-state index contributed by atoms with van der Waals surface area (Å²) in [6, 6.07) is 15.1. The third kappa shape index (κ3) is 4.23. The van der Waals surface area contributed by atoms with Crippen LogP contribution in [0, 0.1) is 6.92 Å². The third-order valence-electron chi connectivity index (χ3n) is 5.94. The molecule has 0 radical (unpaired) electrons. The molecular formula is C25H21F3N6O. The number of aryl methyl sites for hydroxylation is 1. The molecular weight excluding hydrogens is 457 g/mol. The van der Waals surface area contributed by atoms with E-state index in [-0.39, 0.29) is 23.6 Å². The van der Waals surface area contributed by atoms with E-state index in [4.69, 9.17) is 0 Å². The lowest BCUT2D eigenvalue weighted by molar-refractivity contribution is -0.142. The van der Waals surface area contributed by atoms with E-state index in [1.54, 1.807) is 23.0 Å². The van der Waals surface area contributed by atoms with Gasteiger partial charge in [-0.25, -0.2) is 9.50 Å². The quantitative estimate of drug-likeness (QED) is 0.385. The van der Waals surface area contributed by atoms with Crippen LogP contribution < -0.4 is 5.32 Å². The molecule has 5 rings (SSSR count). The zero-order chi connectivity index (χ0) is 24.7. The lowest BCUT2D eigenvalue weighted by Gasteiger charge is -2.11. The molecule has 0 saturated carbocycles. The lowest BCUT2D eigenvalue weighted by atomic mass is 10.0. The van der Waals surface area contributed by atoms with Gasteiger partial charge >= 0.3 is 6.18 Å². The van der Waals surface area contributed by atoms with Crippen molar-refractivity contribution in [3.63, 3.8) is 0 Å². The molecule has 0 aliphatic carbocycles. The van der Waals surface area contributed by atoms with Crippen molar-refractivity contribution in [2.75, 3.05) is 0 Å². The second kappa shape index (κ2) is 8.53. The Hall–Kier alpha value is -4.21. The number of amides is 1. The maximum Gasteiger partial charge on any atom is 0.433 e. The third-order valence-corrected chi connectivity index (χ3v) is 5.94. The lowest BCUT2D eigenvalue weighted by Crippen LogP contribution is -2.23. The molecule has 1 amide bonds. The molecule has 7 nitrogen and oxygen atoms in total. The molecule has 0 unspecified atom stereocenters. The molecule has 0 aliphatic rings. The Labute approximate surface area is 198 Å². The summed E-state index contributed by atoms with van der Waals surface area (Å²) in [5.74, 6) is -0.598. The summed E-state index contributed by atoms with van der Waals surface area (Å²) in [5, 5.41) is 12.7. The van der Waals surface area contributed by atoms with E-state index in [0.29, 0.717) is 16.6 Å². The van der Waals surface area contributed by atoms with Crippen LogP contribution in [0.15, 0.2) is 60.8 Å². The van der Waals surface area contributed by atoms with Crippen LogP contribution >= 0.6 is 0 Å². The molecule has 35 heavy (non-hydrogen) atoms. The summed E-state index contributed by atoms with van der Waals surface area (Å²) in [6.45, 7) is 4.71. The van der Waals surface area contributed by atoms with Crippen LogP contribution in [-0.4, -0.2) is 30.3 Å². The van der Waals surface area contributed by atoms with Gasteiger partial charge < -0.3 is 5.32 Å². The standard InChI is InChI=1S/C25H21F3N6O/c1-3-33-15(2)19(14-30-33)13-29-24(35)21-12-23-31-20(11-22(25(26,27)28)34(23)32-21)18-9-8-16-6-4-5-7-17(16)10-18/h4-12,14H,3,13H2,1-2H3,(H,29,35). The van der Waals surface area contributed by atoms with E-state index in [1.165, 1.54) is 6.07 Å². The molecule has 5 aromatic rings. The molecule has 3 heterocycles. The molecule has 0 spiro atoms. The number of benzene rings is 2. The van der Waals surface area contributed by atoms with Crippen LogP contribution in [0.5, 0.6) is 0 Å². The SMILES string of the molecule is CCn1ncc(CNC(=O)c2cc3nc(-c4ccc5ccccc5c4)cc(C(F)(F)F)n3n2)c1C. The van der Waals surface area contributed by atoms with Gasteiger partial charge in [-0.05, 0) is 36.8 Å². The highest BCUT2D eigenvalue weighted by molar-refractivity contribution is 5.93. The van der Waals surface area contributed by atoms with E-state index in [9.17, 15) is 18.0 Å². The zero-order valence-corrected chi connectivity index (χ0v) is 19.0. The fourth-order valence-electron chi connectivity index (χ4n) is 4.03. The van der Waals surface area contributed by atoms with Gasteiger partial charge in [-0.15, -0.1) is 0 Å². The van der Waals surface area contributed by atoms with Crippen LogP contribution in [0.25, 0.3) is 27.7 Å². The molecule has 178 valence electrons. The topological polar surface area (TPSA) is 77.1 Å². The van der Waals surface area contributed by atoms with Gasteiger partial charge in [0.15, 0.2) is 17.0 Å². The Morgan fingerprint density at radius 1 is 1.06 bits per heavy atom. The van der Waals surface area contributed by atoms with Crippen molar-refractivity contribution in [2.45, 2.75) is 33.1 Å². The largest absolute Gasteiger partial charge is 0.433 e. The molecule has 3 aromatic heterocycles. The second-order valence-corrected chi connectivity index (χ2v) is 8.14. The molecule has 1 N–H and O–H groups in total. The Balaban J connectivity index is 1.51. The number of carbonyl (C=O) groups is 1. The summed E-state index contributed by atoms with van der Waals surface area (Å²) in [6.07, 6.45) is -3.04. The predicted molar refractivity (Wildman–Crippen MR) is 125 cm³/mol. The Morgan fingerprint density at radius 2 is 1.83 bits per heavy atom. The smallest absolute Gasteiger partial charge is 0.346 e. The summed E-state index contributed by atoms with van der Waals surface area (Å²) >= 11 is 0. The average Bonchev–Trinajstić information content (AvgIpc) is 3.44. The maximum absolute atomic E-state index is 13.9. The van der Waals surface area contributed by atoms with Gasteiger partial charge in [0.05, 0.1) is 11.9 Å². The molecule has 0 fully saturated rings. The first-order valence-corrected chi connectivity index (χ1v) is 11.0. The highest BCUT2D eigenvalue weighted by Gasteiger charge is 2.35. The molecule has 0 aliphatic heterocycles. The minimum Gasteiger partial charge on any atom is -0.346 e. The van der Waals surface area contributed by atoms with Crippen molar-refractivity contribution in [1.29, 1.82) is 0 Å². The predicted octanol–water partition coefficient (Wildman–Crippen LogP) is 5.02. The monoisotopic (exact) mass is 478 g/mol. The Kier molecular flexibility index (Phi) is 5.50. The van der Waals surface area contributed by atoms with Crippen molar-refractivity contribution in [3.05, 3.63) is 83.4 Å². The average molecular weight is 478 g/mol. The molecule has 0 bridgehead atoms. The Bertz CT molecular complexity index is 1570. The number of nitrogens with one attached hydrogen (secondary N) is 1. The van der Waals surface area contributed by atoms with Crippen LogP contribution in [0.1, 0.15) is 34.4 Å². The van der Waals surface area contributed by atoms with Gasteiger partial charge in [-0.1, -0.05) is 36.4 Å². The minimum atomic E-state index is -4.70. The number of nitrogens with zero attached hydrogens (tertiary/aromatic N) is 5. The van der Waals surface area contributed by atoms with E-state index in [1.807, 2.05) is 44.2 Å². The fourth-order valence-corrected chi connectivity index (χ4v) is 4.03. The highest BCUT2D eigenvalue weighted by atomic mass is 19.4. The number of fused-ring (bicyclic) bond motifs is 2. The molecule has 0 saturated heterocycles. The molecule has 0 atom stereocenters. The highest BCUT2D eigenvalue weighted by Crippen LogP contribution is 2.33. The second-order valence-electron chi connectivity index (χ2n) is 8.14. The van der Waals surface area contributed by atoms with E-state index in [0.717, 1.165) is 28.1 Å². The first kappa shape index (κ1) is 22.6. The van der Waals surface area contributed by atoms with Crippen LogP contribution in [0.3, 0.4) is 0 Å². The van der Waals surface area contributed by atoms with Crippen molar-refractivity contribution in [2.24, 2.45) is 0 Å². The number of carbonyl (C=O) groups excluding carboxylic acids is 1. The van der Waals surface area contributed by atoms with Crippen molar-refractivity contribution in [1.82, 2.24) is 29.7 Å².